The molecule has 0 amide bonds. The number of aromatic amines is 1. The molecule has 4 rings (SSSR count). The summed E-state index contributed by atoms with van der Waals surface area (Å²) >= 11 is 0. The summed E-state index contributed by atoms with van der Waals surface area (Å²) in [6, 6.07) is 8.10. The first kappa shape index (κ1) is 15.3. The number of aromatic nitrogens is 3. The van der Waals surface area contributed by atoms with Crippen molar-refractivity contribution in [3.05, 3.63) is 48.4 Å². The molecule has 1 aliphatic heterocycles. The average Bonchev–Trinajstić information content (AvgIpc) is 2.94. The van der Waals surface area contributed by atoms with Gasteiger partial charge in [-0.25, -0.2) is 0 Å². The van der Waals surface area contributed by atoms with Gasteiger partial charge < -0.3 is 9.72 Å². The van der Waals surface area contributed by atoms with Gasteiger partial charge in [0.25, 0.3) is 0 Å². The maximum atomic E-state index is 5.86. The number of hydrogen-bond donors (Lipinski definition) is 1. The predicted molar refractivity (Wildman–Crippen MR) is 94.6 cm³/mol. The van der Waals surface area contributed by atoms with E-state index in [9.17, 15) is 0 Å². The minimum absolute atomic E-state index is 0.258. The van der Waals surface area contributed by atoms with Crippen LogP contribution in [0.5, 0.6) is 0 Å². The quantitative estimate of drug-likeness (QED) is 0.804. The third-order valence-electron chi connectivity index (χ3n) is 4.48. The third-order valence-corrected chi connectivity index (χ3v) is 4.48. The van der Waals surface area contributed by atoms with Gasteiger partial charge in [0.05, 0.1) is 28.9 Å². The Morgan fingerprint density at radius 1 is 1.17 bits per heavy atom. The highest BCUT2D eigenvalue weighted by atomic mass is 16.5. The summed E-state index contributed by atoms with van der Waals surface area (Å²) in [7, 11) is 0. The van der Waals surface area contributed by atoms with Crippen LogP contribution in [0.4, 0.5) is 0 Å². The SMILES string of the molecule is C[C@@H]1CN(Cc2c(-c3cccnc3)[nH]c3cccnc23)C[C@H](C)O1. The molecule has 4 heterocycles. The summed E-state index contributed by atoms with van der Waals surface area (Å²) in [6.07, 6.45) is 6.08. The lowest BCUT2D eigenvalue weighted by Gasteiger charge is -2.35. The van der Waals surface area contributed by atoms with Crippen molar-refractivity contribution < 1.29 is 4.74 Å². The van der Waals surface area contributed by atoms with Gasteiger partial charge in [0.15, 0.2) is 0 Å². The van der Waals surface area contributed by atoms with E-state index in [1.807, 2.05) is 24.5 Å². The Kier molecular flexibility index (Phi) is 4.04. The lowest BCUT2D eigenvalue weighted by molar-refractivity contribution is -0.0703. The van der Waals surface area contributed by atoms with E-state index in [2.05, 4.69) is 45.8 Å². The molecule has 3 aromatic rings. The molecule has 1 aliphatic rings. The fourth-order valence-corrected chi connectivity index (χ4v) is 3.62. The number of pyridine rings is 2. The van der Waals surface area contributed by atoms with Crippen molar-refractivity contribution in [2.75, 3.05) is 13.1 Å². The fourth-order valence-electron chi connectivity index (χ4n) is 3.62. The number of hydrogen-bond acceptors (Lipinski definition) is 4. The van der Waals surface area contributed by atoms with Crippen LogP contribution in [-0.2, 0) is 11.3 Å². The number of rotatable bonds is 3. The maximum Gasteiger partial charge on any atom is 0.0930 e. The molecule has 124 valence electrons. The van der Waals surface area contributed by atoms with Gasteiger partial charge in [-0.05, 0) is 38.1 Å². The van der Waals surface area contributed by atoms with Crippen LogP contribution in [0.1, 0.15) is 19.4 Å². The van der Waals surface area contributed by atoms with Gasteiger partial charge in [-0.3, -0.25) is 14.9 Å². The highest BCUT2D eigenvalue weighted by molar-refractivity contribution is 5.87. The molecular formula is C19H22N4O. The molecule has 24 heavy (non-hydrogen) atoms. The Morgan fingerprint density at radius 3 is 2.71 bits per heavy atom. The van der Waals surface area contributed by atoms with Crippen LogP contribution in [-0.4, -0.2) is 45.1 Å². The molecule has 0 unspecified atom stereocenters. The van der Waals surface area contributed by atoms with Crippen molar-refractivity contribution >= 4 is 11.0 Å². The molecular weight excluding hydrogens is 300 g/mol. The van der Waals surface area contributed by atoms with E-state index in [0.29, 0.717) is 0 Å². The van der Waals surface area contributed by atoms with Gasteiger partial charge >= 0.3 is 0 Å². The predicted octanol–water partition coefficient (Wildman–Crippen LogP) is 3.23. The summed E-state index contributed by atoms with van der Waals surface area (Å²) in [5.41, 5.74) is 5.56. The molecule has 1 N–H and O–H groups in total. The van der Waals surface area contributed by atoms with Crippen molar-refractivity contribution in [2.45, 2.75) is 32.6 Å². The van der Waals surface area contributed by atoms with E-state index >= 15 is 0 Å². The molecule has 0 aromatic carbocycles. The Balaban J connectivity index is 1.75. The summed E-state index contributed by atoms with van der Waals surface area (Å²) in [6.45, 7) is 7.02. The maximum absolute atomic E-state index is 5.86. The summed E-state index contributed by atoms with van der Waals surface area (Å²) in [5, 5.41) is 0. The molecule has 1 saturated heterocycles. The van der Waals surface area contributed by atoms with Crippen molar-refractivity contribution in [3.63, 3.8) is 0 Å². The van der Waals surface area contributed by atoms with Gasteiger partial charge in [-0.15, -0.1) is 0 Å². The first-order valence-electron chi connectivity index (χ1n) is 8.44. The van der Waals surface area contributed by atoms with E-state index in [0.717, 1.165) is 41.9 Å². The van der Waals surface area contributed by atoms with Crippen LogP contribution in [0.3, 0.4) is 0 Å². The van der Waals surface area contributed by atoms with Crippen molar-refractivity contribution in [2.24, 2.45) is 0 Å². The zero-order valence-electron chi connectivity index (χ0n) is 14.1. The second kappa shape index (κ2) is 6.34. The molecule has 0 spiro atoms. The molecule has 5 nitrogen and oxygen atoms in total. The zero-order chi connectivity index (χ0) is 16.5. The van der Waals surface area contributed by atoms with Gasteiger partial charge in [-0.1, -0.05) is 0 Å². The number of H-pyrrole nitrogens is 1. The lowest BCUT2D eigenvalue weighted by atomic mass is 10.1. The normalized spacial score (nSPS) is 22.1. The second-order valence-corrected chi connectivity index (χ2v) is 6.57. The lowest BCUT2D eigenvalue weighted by Crippen LogP contribution is -2.44. The number of nitrogens with one attached hydrogen (secondary N) is 1. The van der Waals surface area contributed by atoms with E-state index in [1.165, 1.54) is 5.56 Å². The summed E-state index contributed by atoms with van der Waals surface area (Å²) in [4.78, 5) is 14.9. The molecule has 0 radical (unpaired) electrons. The van der Waals surface area contributed by atoms with E-state index in [1.54, 1.807) is 6.20 Å². The Hall–Kier alpha value is -2.24. The molecule has 5 heteroatoms. The van der Waals surface area contributed by atoms with E-state index in [-0.39, 0.29) is 12.2 Å². The Morgan fingerprint density at radius 2 is 1.96 bits per heavy atom. The number of ether oxygens (including phenoxy) is 1. The van der Waals surface area contributed by atoms with Crippen molar-refractivity contribution in [3.8, 4) is 11.3 Å². The van der Waals surface area contributed by atoms with Crippen LogP contribution in [0.2, 0.25) is 0 Å². The number of morpholine rings is 1. The molecule has 0 bridgehead atoms. The average molecular weight is 322 g/mol. The van der Waals surface area contributed by atoms with Gasteiger partial charge in [0.1, 0.15) is 0 Å². The van der Waals surface area contributed by atoms with Gasteiger partial charge in [-0.2, -0.15) is 0 Å². The van der Waals surface area contributed by atoms with Gasteiger partial charge in [0.2, 0.25) is 0 Å². The van der Waals surface area contributed by atoms with Crippen LogP contribution in [0.15, 0.2) is 42.9 Å². The van der Waals surface area contributed by atoms with Crippen LogP contribution < -0.4 is 0 Å². The fraction of sp³-hybridized carbons (Fsp3) is 0.368. The third kappa shape index (κ3) is 2.92. The van der Waals surface area contributed by atoms with Crippen LogP contribution in [0.25, 0.3) is 22.3 Å². The minimum Gasteiger partial charge on any atom is -0.373 e. The topological polar surface area (TPSA) is 54.0 Å². The first-order valence-corrected chi connectivity index (χ1v) is 8.44. The highest BCUT2D eigenvalue weighted by Crippen LogP contribution is 2.30. The zero-order valence-corrected chi connectivity index (χ0v) is 14.1. The molecule has 0 aliphatic carbocycles. The number of nitrogens with zero attached hydrogens (tertiary/aromatic N) is 3. The van der Waals surface area contributed by atoms with Crippen molar-refractivity contribution in [1.82, 2.24) is 19.9 Å². The van der Waals surface area contributed by atoms with Gasteiger partial charge in [0, 0.05) is 49.4 Å². The largest absolute Gasteiger partial charge is 0.373 e. The first-order chi connectivity index (χ1) is 11.7. The monoisotopic (exact) mass is 322 g/mol. The molecule has 3 aromatic heterocycles. The molecule has 0 saturated carbocycles. The molecule has 1 fully saturated rings. The van der Waals surface area contributed by atoms with Crippen LogP contribution in [0, 0.1) is 0 Å². The smallest absolute Gasteiger partial charge is 0.0930 e. The van der Waals surface area contributed by atoms with E-state index < -0.39 is 0 Å². The highest BCUT2D eigenvalue weighted by Gasteiger charge is 2.24. The molecule has 2 atom stereocenters. The Bertz CT molecular complexity index is 820. The summed E-state index contributed by atoms with van der Waals surface area (Å²) in [5.74, 6) is 0. The standard InChI is InChI=1S/C19H22N4O/c1-13-10-23(11-14(2)24-13)12-16-18(15-5-3-7-20-9-15)22-17-6-4-8-21-19(16)17/h3-9,13-14,22H,10-12H2,1-2H3/t13-,14+. The number of fused-ring (bicyclic) bond motifs is 1. The van der Waals surface area contributed by atoms with Crippen LogP contribution >= 0.6 is 0 Å². The van der Waals surface area contributed by atoms with Crippen molar-refractivity contribution in [1.29, 1.82) is 0 Å². The van der Waals surface area contributed by atoms with E-state index in [4.69, 9.17) is 4.74 Å². The second-order valence-electron chi connectivity index (χ2n) is 6.57. The minimum atomic E-state index is 0.258. The summed E-state index contributed by atoms with van der Waals surface area (Å²) < 4.78 is 5.86. The Labute approximate surface area is 141 Å².